The summed E-state index contributed by atoms with van der Waals surface area (Å²) in [4.78, 5) is 30.2. The van der Waals surface area contributed by atoms with Crippen molar-refractivity contribution in [3.05, 3.63) is 30.5 Å². The number of aromatic nitrogens is 1. The van der Waals surface area contributed by atoms with Crippen molar-refractivity contribution in [2.75, 3.05) is 24.7 Å². The lowest BCUT2D eigenvalue weighted by molar-refractivity contribution is -0.133. The standard InChI is InChI=1S/C23H33N3O4S2/c1-30-19-12-10-18(11-13-19)26(14-6-5-9-17-7-3-2-4-8-17)23(29)25-22-24-15-21(32-22)31-16-20(27)28/h2-4,7,15,17-19H,5-6,8-14,16H2,1H3,(H,27,28)(H,24,25,29)/t17?,18-,19-. The summed E-state index contributed by atoms with van der Waals surface area (Å²) < 4.78 is 6.28. The van der Waals surface area contributed by atoms with E-state index in [2.05, 4.69) is 34.6 Å². The SMILES string of the molecule is CO[C@H]1CC[C@H](N(CCCCC2C=CC=CC2)C(=O)Nc2ncc(SCC(=O)O)s2)CC1. The first-order valence-corrected chi connectivity index (χ1v) is 13.1. The Balaban J connectivity index is 1.54. The van der Waals surface area contributed by atoms with E-state index in [1.54, 1.807) is 13.3 Å². The molecule has 0 spiro atoms. The van der Waals surface area contributed by atoms with Crippen LogP contribution >= 0.6 is 23.1 Å². The molecule has 9 heteroatoms. The second-order valence-corrected chi connectivity index (χ2v) is 10.6. The molecule has 1 heterocycles. The van der Waals surface area contributed by atoms with Crippen LogP contribution in [0.4, 0.5) is 9.93 Å². The Hall–Kier alpha value is -1.84. The van der Waals surface area contributed by atoms with Crippen molar-refractivity contribution in [3.8, 4) is 0 Å². The van der Waals surface area contributed by atoms with Gasteiger partial charge in [-0.05, 0) is 50.9 Å². The number of methoxy groups -OCH3 is 1. The van der Waals surface area contributed by atoms with E-state index in [1.165, 1.54) is 23.1 Å². The number of carbonyl (C=O) groups is 2. The minimum absolute atomic E-state index is 0.0174. The highest BCUT2D eigenvalue weighted by molar-refractivity contribution is 8.01. The number of unbranched alkanes of at least 4 members (excludes halogenated alkanes) is 1. The maximum atomic E-state index is 13.2. The van der Waals surface area contributed by atoms with E-state index < -0.39 is 5.97 Å². The third kappa shape index (κ3) is 7.94. The number of carboxylic acid groups (broad SMARTS) is 1. The number of nitrogens with zero attached hydrogens (tertiary/aromatic N) is 2. The number of aliphatic carboxylic acids is 1. The molecule has 0 aliphatic heterocycles. The molecule has 0 radical (unpaired) electrons. The van der Waals surface area contributed by atoms with Crippen LogP contribution < -0.4 is 5.32 Å². The fraction of sp³-hybridized carbons (Fsp3) is 0.609. The van der Waals surface area contributed by atoms with Crippen LogP contribution in [0.15, 0.2) is 34.7 Å². The van der Waals surface area contributed by atoms with E-state index >= 15 is 0 Å². The predicted molar refractivity (Wildman–Crippen MR) is 129 cm³/mol. The van der Waals surface area contributed by atoms with E-state index in [0.717, 1.165) is 62.1 Å². The normalized spacial score (nSPS) is 22.6. The van der Waals surface area contributed by atoms with Crippen LogP contribution in [0.25, 0.3) is 0 Å². The van der Waals surface area contributed by atoms with E-state index in [-0.39, 0.29) is 23.9 Å². The quantitative estimate of drug-likeness (QED) is 0.325. The molecule has 0 bridgehead atoms. The number of nitrogens with one attached hydrogen (secondary N) is 1. The van der Waals surface area contributed by atoms with Crippen molar-refractivity contribution in [2.45, 2.75) is 67.7 Å². The third-order valence-electron chi connectivity index (χ3n) is 6.01. The molecule has 1 aromatic heterocycles. The highest BCUT2D eigenvalue weighted by Gasteiger charge is 2.29. The maximum absolute atomic E-state index is 13.2. The maximum Gasteiger partial charge on any atom is 0.323 e. The molecular formula is C23H33N3O4S2. The number of hydrogen-bond donors (Lipinski definition) is 2. The lowest BCUT2D eigenvalue weighted by atomic mass is 9.91. The Morgan fingerprint density at radius 1 is 1.28 bits per heavy atom. The summed E-state index contributed by atoms with van der Waals surface area (Å²) in [7, 11) is 1.76. The van der Waals surface area contributed by atoms with Crippen LogP contribution in [0, 0.1) is 5.92 Å². The van der Waals surface area contributed by atoms with Crippen molar-refractivity contribution in [1.29, 1.82) is 0 Å². The molecule has 0 saturated heterocycles. The first-order valence-electron chi connectivity index (χ1n) is 11.3. The summed E-state index contributed by atoms with van der Waals surface area (Å²) in [6.07, 6.45) is 18.8. The molecule has 1 aromatic rings. The average Bonchev–Trinajstić information content (AvgIpc) is 3.25. The van der Waals surface area contributed by atoms with Crippen molar-refractivity contribution in [1.82, 2.24) is 9.88 Å². The Morgan fingerprint density at radius 2 is 2.09 bits per heavy atom. The molecule has 3 rings (SSSR count). The zero-order valence-electron chi connectivity index (χ0n) is 18.6. The van der Waals surface area contributed by atoms with Gasteiger partial charge in [0.1, 0.15) is 0 Å². The van der Waals surface area contributed by atoms with E-state index in [1.807, 2.05) is 4.90 Å². The largest absolute Gasteiger partial charge is 0.481 e. The number of urea groups is 1. The molecule has 2 aliphatic rings. The zero-order chi connectivity index (χ0) is 22.8. The molecule has 32 heavy (non-hydrogen) atoms. The van der Waals surface area contributed by atoms with Gasteiger partial charge in [0.25, 0.3) is 0 Å². The highest BCUT2D eigenvalue weighted by Crippen LogP contribution is 2.30. The number of carbonyl (C=O) groups excluding carboxylic acids is 1. The van der Waals surface area contributed by atoms with Crippen LogP contribution in [0.1, 0.15) is 51.4 Å². The number of hydrogen-bond acceptors (Lipinski definition) is 6. The number of carboxylic acids is 1. The fourth-order valence-corrected chi connectivity index (χ4v) is 5.84. The molecule has 7 nitrogen and oxygen atoms in total. The molecule has 2 aliphatic carbocycles. The van der Waals surface area contributed by atoms with Gasteiger partial charge in [0.05, 0.1) is 22.3 Å². The molecule has 2 amide bonds. The summed E-state index contributed by atoms with van der Waals surface area (Å²) in [5, 5.41) is 12.3. The van der Waals surface area contributed by atoms with Crippen LogP contribution in [-0.4, -0.2) is 58.5 Å². The minimum Gasteiger partial charge on any atom is -0.481 e. The van der Waals surface area contributed by atoms with Crippen molar-refractivity contribution < 1.29 is 19.4 Å². The second-order valence-electron chi connectivity index (χ2n) is 8.26. The number of anilines is 1. The molecule has 1 saturated carbocycles. The van der Waals surface area contributed by atoms with Gasteiger partial charge in [-0.25, -0.2) is 9.78 Å². The van der Waals surface area contributed by atoms with E-state index in [0.29, 0.717) is 11.0 Å². The van der Waals surface area contributed by atoms with Gasteiger partial charge in [-0.15, -0.1) is 11.8 Å². The van der Waals surface area contributed by atoms with Gasteiger partial charge >= 0.3 is 12.0 Å². The molecule has 0 aromatic carbocycles. The van der Waals surface area contributed by atoms with Gasteiger partial charge in [0.15, 0.2) is 5.13 Å². The van der Waals surface area contributed by atoms with E-state index in [9.17, 15) is 9.59 Å². The molecular weight excluding hydrogens is 446 g/mol. The van der Waals surface area contributed by atoms with Gasteiger partial charge in [-0.2, -0.15) is 0 Å². The smallest absolute Gasteiger partial charge is 0.323 e. The van der Waals surface area contributed by atoms with Gasteiger partial charge in [0, 0.05) is 19.7 Å². The summed E-state index contributed by atoms with van der Waals surface area (Å²) in [5.41, 5.74) is 0. The topological polar surface area (TPSA) is 91.8 Å². The Labute approximate surface area is 198 Å². The molecule has 1 unspecified atom stereocenters. The Bertz CT molecular complexity index is 803. The lowest BCUT2D eigenvalue weighted by Gasteiger charge is -2.36. The summed E-state index contributed by atoms with van der Waals surface area (Å²) >= 11 is 2.53. The average molecular weight is 480 g/mol. The Morgan fingerprint density at radius 3 is 2.78 bits per heavy atom. The fourth-order valence-electron chi connectivity index (χ4n) is 4.26. The van der Waals surface area contributed by atoms with Gasteiger partial charge in [-0.1, -0.05) is 42.1 Å². The number of amides is 2. The second kappa shape index (κ2) is 13.0. The molecule has 2 N–H and O–H groups in total. The van der Waals surface area contributed by atoms with Gasteiger partial charge in [-0.3, -0.25) is 10.1 Å². The zero-order valence-corrected chi connectivity index (χ0v) is 20.2. The molecule has 1 fully saturated rings. The van der Waals surface area contributed by atoms with Crippen molar-refractivity contribution in [2.24, 2.45) is 5.92 Å². The first-order chi connectivity index (χ1) is 15.5. The number of thioether (sulfide) groups is 1. The monoisotopic (exact) mass is 479 g/mol. The minimum atomic E-state index is -0.869. The van der Waals surface area contributed by atoms with Gasteiger partial charge in [0.2, 0.25) is 0 Å². The predicted octanol–water partition coefficient (Wildman–Crippen LogP) is 5.41. The van der Waals surface area contributed by atoms with Crippen LogP contribution in [-0.2, 0) is 9.53 Å². The van der Waals surface area contributed by atoms with Crippen molar-refractivity contribution >= 4 is 40.2 Å². The number of thiazole rings is 1. The van der Waals surface area contributed by atoms with Crippen LogP contribution in [0.5, 0.6) is 0 Å². The van der Waals surface area contributed by atoms with Gasteiger partial charge < -0.3 is 14.7 Å². The highest BCUT2D eigenvalue weighted by atomic mass is 32.2. The van der Waals surface area contributed by atoms with Crippen molar-refractivity contribution in [3.63, 3.8) is 0 Å². The van der Waals surface area contributed by atoms with Crippen LogP contribution in [0.2, 0.25) is 0 Å². The third-order valence-corrected chi connectivity index (χ3v) is 8.10. The molecule has 1 atom stereocenters. The lowest BCUT2D eigenvalue weighted by Crippen LogP contribution is -2.45. The number of allylic oxidation sites excluding steroid dienone is 4. The van der Waals surface area contributed by atoms with Crippen LogP contribution in [0.3, 0.4) is 0 Å². The molecule has 176 valence electrons. The van der Waals surface area contributed by atoms with E-state index in [4.69, 9.17) is 9.84 Å². The summed E-state index contributed by atoms with van der Waals surface area (Å²) in [6.45, 7) is 0.729. The summed E-state index contributed by atoms with van der Waals surface area (Å²) in [5.74, 6) is -0.279. The number of ether oxygens (including phenoxy) is 1. The first kappa shape index (κ1) is 24.8. The number of rotatable bonds is 11. The summed E-state index contributed by atoms with van der Waals surface area (Å²) in [6, 6.07) is 0.0928. The Kier molecular flexibility index (Phi) is 10.1.